The highest BCUT2D eigenvalue weighted by Gasteiger charge is 2.18. The summed E-state index contributed by atoms with van der Waals surface area (Å²) < 4.78 is 36.5. The number of hydrogen-bond donors (Lipinski definition) is 0. The van der Waals surface area contributed by atoms with E-state index in [1.807, 2.05) is 0 Å². The van der Waals surface area contributed by atoms with Gasteiger partial charge in [0.1, 0.15) is 11.5 Å². The minimum Gasteiger partial charge on any atom is -0.427 e. The maximum absolute atomic E-state index is 12.9. The van der Waals surface area contributed by atoms with Crippen LogP contribution in [-0.4, -0.2) is 20.4 Å². The Labute approximate surface area is 210 Å². The second-order valence-corrected chi connectivity index (χ2v) is 10.7. The first-order valence-electron chi connectivity index (χ1n) is 12.7. The third-order valence-corrected chi connectivity index (χ3v) is 7.49. The zero-order valence-corrected chi connectivity index (χ0v) is 21.8. The van der Waals surface area contributed by atoms with Crippen LogP contribution in [0.1, 0.15) is 90.9 Å². The molecule has 7 heteroatoms. The zero-order valence-electron chi connectivity index (χ0n) is 21.0. The highest BCUT2D eigenvalue weighted by molar-refractivity contribution is 7.91. The Morgan fingerprint density at radius 3 is 1.26 bits per heavy atom. The summed E-state index contributed by atoms with van der Waals surface area (Å²) in [5.41, 5.74) is 0. The topological polar surface area (TPSA) is 86.7 Å². The number of sulfone groups is 1. The van der Waals surface area contributed by atoms with Crippen LogP contribution in [0, 0.1) is 0 Å². The van der Waals surface area contributed by atoms with Crippen LogP contribution in [-0.2, 0) is 19.4 Å². The molecule has 0 saturated carbocycles. The lowest BCUT2D eigenvalue weighted by molar-refractivity contribution is -0.135. The van der Waals surface area contributed by atoms with Gasteiger partial charge in [-0.05, 0) is 61.4 Å². The molecule has 0 aromatic heterocycles. The molecule has 2 aromatic carbocycles. The summed E-state index contributed by atoms with van der Waals surface area (Å²) in [7, 11) is -3.76. The number of ether oxygens (including phenoxy) is 2. The summed E-state index contributed by atoms with van der Waals surface area (Å²) >= 11 is 0. The van der Waals surface area contributed by atoms with Crippen molar-refractivity contribution in [2.24, 2.45) is 0 Å². The zero-order chi connectivity index (χ0) is 25.5. The van der Waals surface area contributed by atoms with Crippen molar-refractivity contribution >= 4 is 21.8 Å². The molecule has 0 atom stereocenters. The van der Waals surface area contributed by atoms with E-state index in [9.17, 15) is 18.0 Å². The first-order chi connectivity index (χ1) is 16.9. The molecule has 0 fully saturated rings. The Morgan fingerprint density at radius 2 is 0.914 bits per heavy atom. The molecule has 2 aromatic rings. The van der Waals surface area contributed by atoms with Crippen molar-refractivity contribution < 1.29 is 27.5 Å². The molecule has 0 N–H and O–H groups in total. The number of benzene rings is 2. The molecule has 0 aliphatic carbocycles. The molecule has 0 unspecified atom stereocenters. The molecule has 35 heavy (non-hydrogen) atoms. The highest BCUT2D eigenvalue weighted by atomic mass is 32.2. The van der Waals surface area contributed by atoms with Crippen LogP contribution < -0.4 is 9.47 Å². The van der Waals surface area contributed by atoms with Gasteiger partial charge in [-0.15, -0.1) is 0 Å². The summed E-state index contributed by atoms with van der Waals surface area (Å²) in [6.07, 6.45) is 11.1. The Bertz CT molecular complexity index is 933. The number of esters is 2. The average Bonchev–Trinajstić information content (AvgIpc) is 2.84. The van der Waals surface area contributed by atoms with Gasteiger partial charge in [-0.2, -0.15) is 0 Å². The fraction of sp³-hybridized carbons (Fsp3) is 0.500. The Balaban J connectivity index is 1.87. The van der Waals surface area contributed by atoms with Crippen molar-refractivity contribution in [3.8, 4) is 11.5 Å². The lowest BCUT2D eigenvalue weighted by atomic mass is 10.1. The van der Waals surface area contributed by atoms with E-state index in [0.29, 0.717) is 24.3 Å². The molecule has 2 rings (SSSR count). The number of hydrogen-bond acceptors (Lipinski definition) is 6. The van der Waals surface area contributed by atoms with Crippen LogP contribution >= 0.6 is 0 Å². The predicted molar refractivity (Wildman–Crippen MR) is 136 cm³/mol. The van der Waals surface area contributed by atoms with Gasteiger partial charge >= 0.3 is 11.9 Å². The SMILES string of the molecule is CCCCCCCC(=O)Oc1ccc(S(=O)(=O)c2ccc(OC(=O)CCCCCCC)cc2)cc1. The van der Waals surface area contributed by atoms with Crippen molar-refractivity contribution in [3.05, 3.63) is 48.5 Å². The molecule has 0 bridgehead atoms. The molecular formula is C28H38O6S. The van der Waals surface area contributed by atoms with Crippen LogP contribution in [0.2, 0.25) is 0 Å². The average molecular weight is 503 g/mol. The third-order valence-electron chi connectivity index (χ3n) is 5.70. The van der Waals surface area contributed by atoms with E-state index in [-0.39, 0.29) is 21.7 Å². The third kappa shape index (κ3) is 10.2. The smallest absolute Gasteiger partial charge is 0.311 e. The first-order valence-corrected chi connectivity index (χ1v) is 14.2. The van der Waals surface area contributed by atoms with Crippen molar-refractivity contribution in [3.63, 3.8) is 0 Å². The van der Waals surface area contributed by atoms with Crippen molar-refractivity contribution in [1.82, 2.24) is 0 Å². The van der Waals surface area contributed by atoms with E-state index in [4.69, 9.17) is 9.47 Å². The maximum Gasteiger partial charge on any atom is 0.311 e. The van der Waals surface area contributed by atoms with E-state index >= 15 is 0 Å². The largest absolute Gasteiger partial charge is 0.427 e. The van der Waals surface area contributed by atoms with Gasteiger partial charge in [0.2, 0.25) is 9.84 Å². The highest BCUT2D eigenvalue weighted by Crippen LogP contribution is 2.25. The second kappa shape index (κ2) is 15.4. The summed E-state index contributed by atoms with van der Waals surface area (Å²) in [5.74, 6) is 0.00493. The fourth-order valence-corrected chi connectivity index (χ4v) is 4.88. The molecule has 0 saturated heterocycles. The van der Waals surface area contributed by atoms with Gasteiger partial charge < -0.3 is 9.47 Å². The number of carbonyl (C=O) groups is 2. The Hall–Kier alpha value is -2.67. The van der Waals surface area contributed by atoms with Crippen LogP contribution in [0.25, 0.3) is 0 Å². The molecule has 0 radical (unpaired) electrons. The molecule has 0 heterocycles. The number of unbranched alkanes of at least 4 members (excludes halogenated alkanes) is 8. The van der Waals surface area contributed by atoms with Gasteiger partial charge in [0.05, 0.1) is 9.79 Å². The van der Waals surface area contributed by atoms with Crippen molar-refractivity contribution in [2.45, 2.75) is 101 Å². The van der Waals surface area contributed by atoms with Gasteiger partial charge in [-0.3, -0.25) is 9.59 Å². The summed E-state index contributed by atoms with van der Waals surface area (Å²) in [5, 5.41) is 0. The Kier molecular flexibility index (Phi) is 12.5. The van der Waals surface area contributed by atoms with Crippen molar-refractivity contribution in [2.75, 3.05) is 0 Å². The van der Waals surface area contributed by atoms with E-state index in [2.05, 4.69) is 13.8 Å². The summed E-state index contributed by atoms with van der Waals surface area (Å²) in [6, 6.07) is 11.6. The summed E-state index contributed by atoms with van der Waals surface area (Å²) in [4.78, 5) is 24.1. The number of rotatable bonds is 16. The lowest BCUT2D eigenvalue weighted by Gasteiger charge is -2.08. The Morgan fingerprint density at radius 1 is 0.571 bits per heavy atom. The van der Waals surface area contributed by atoms with E-state index < -0.39 is 9.84 Å². The number of carbonyl (C=O) groups excluding carboxylic acids is 2. The monoisotopic (exact) mass is 502 g/mol. The maximum atomic E-state index is 12.9. The van der Waals surface area contributed by atoms with Gasteiger partial charge in [-0.25, -0.2) is 8.42 Å². The molecule has 0 amide bonds. The second-order valence-electron chi connectivity index (χ2n) is 8.72. The molecule has 192 valence electrons. The quantitative estimate of drug-likeness (QED) is 0.139. The van der Waals surface area contributed by atoms with Gasteiger partial charge in [0.25, 0.3) is 0 Å². The molecule has 0 aliphatic rings. The summed E-state index contributed by atoms with van der Waals surface area (Å²) in [6.45, 7) is 4.28. The van der Waals surface area contributed by atoms with E-state index in [0.717, 1.165) is 64.2 Å². The van der Waals surface area contributed by atoms with Crippen molar-refractivity contribution in [1.29, 1.82) is 0 Å². The normalized spacial score (nSPS) is 11.3. The van der Waals surface area contributed by atoms with Gasteiger partial charge in [-0.1, -0.05) is 65.2 Å². The van der Waals surface area contributed by atoms with E-state index in [1.54, 1.807) is 0 Å². The minimum absolute atomic E-state index is 0.0914. The molecular weight excluding hydrogens is 464 g/mol. The molecule has 6 nitrogen and oxygen atoms in total. The van der Waals surface area contributed by atoms with Crippen LogP contribution in [0.5, 0.6) is 11.5 Å². The fourth-order valence-electron chi connectivity index (χ4n) is 3.62. The first kappa shape index (κ1) is 28.6. The van der Waals surface area contributed by atoms with Gasteiger partial charge in [0, 0.05) is 12.8 Å². The molecule has 0 aliphatic heterocycles. The van der Waals surface area contributed by atoms with Gasteiger partial charge in [0.15, 0.2) is 0 Å². The lowest BCUT2D eigenvalue weighted by Crippen LogP contribution is -2.08. The standard InChI is InChI=1S/C28H38O6S/c1-3-5-7-9-11-13-27(29)33-23-15-19-25(20-16-23)35(31,32)26-21-17-24(18-22-26)34-28(30)14-12-10-8-6-4-2/h15-22H,3-14H2,1-2H3. The van der Waals surface area contributed by atoms with Crippen LogP contribution in [0.15, 0.2) is 58.3 Å². The van der Waals surface area contributed by atoms with E-state index in [1.165, 1.54) is 48.5 Å². The minimum atomic E-state index is -3.76. The molecule has 0 spiro atoms. The van der Waals surface area contributed by atoms with Crippen LogP contribution in [0.3, 0.4) is 0 Å². The van der Waals surface area contributed by atoms with Crippen LogP contribution in [0.4, 0.5) is 0 Å². The predicted octanol–water partition coefficient (Wildman–Crippen LogP) is 7.05.